The van der Waals surface area contributed by atoms with Crippen LogP contribution in [-0.2, 0) is 0 Å². The Bertz CT molecular complexity index is 492. The van der Waals surface area contributed by atoms with Gasteiger partial charge in [-0.05, 0) is 15.9 Å². The topological polar surface area (TPSA) is 76.2 Å². The molecule has 17 heavy (non-hydrogen) atoms. The molecule has 0 aliphatic heterocycles. The Balaban J connectivity index is 3.01. The van der Waals surface area contributed by atoms with Gasteiger partial charge in [0.2, 0.25) is 0 Å². The molecule has 1 atom stereocenters. The number of benzene rings is 1. The average Bonchev–Trinajstić information content (AvgIpc) is 2.29. The molecular formula is C9H5BrClFN2O3. The number of halogens is 3. The Morgan fingerprint density at radius 3 is 2.88 bits per heavy atom. The van der Waals surface area contributed by atoms with E-state index in [2.05, 4.69) is 15.9 Å². The summed E-state index contributed by atoms with van der Waals surface area (Å²) in [6.07, 6.45) is 0. The van der Waals surface area contributed by atoms with Crippen molar-refractivity contribution in [2.75, 3.05) is 6.61 Å². The van der Waals surface area contributed by atoms with Gasteiger partial charge in [-0.3, -0.25) is 10.1 Å². The molecule has 1 rings (SSSR count). The molecule has 0 bridgehead atoms. The predicted molar refractivity (Wildman–Crippen MR) is 61.5 cm³/mol. The molecule has 0 N–H and O–H groups in total. The van der Waals surface area contributed by atoms with Crippen LogP contribution in [0.1, 0.15) is 0 Å². The van der Waals surface area contributed by atoms with Gasteiger partial charge in [0.25, 0.3) is 0 Å². The summed E-state index contributed by atoms with van der Waals surface area (Å²) in [4.78, 5) is 9.97. The monoisotopic (exact) mass is 322 g/mol. The van der Waals surface area contributed by atoms with Crippen molar-refractivity contribution in [1.29, 1.82) is 5.26 Å². The second kappa shape index (κ2) is 5.80. The van der Waals surface area contributed by atoms with E-state index in [4.69, 9.17) is 21.6 Å². The number of nitrogens with zero attached hydrogens (tertiary/aromatic N) is 2. The zero-order valence-electron chi connectivity index (χ0n) is 8.19. The summed E-state index contributed by atoms with van der Waals surface area (Å²) in [5.74, 6) is -0.967. The van der Waals surface area contributed by atoms with Crippen LogP contribution in [-0.4, -0.2) is 16.9 Å². The van der Waals surface area contributed by atoms with Crippen LogP contribution in [0.4, 0.5) is 10.1 Å². The lowest BCUT2D eigenvalue weighted by molar-refractivity contribution is -0.386. The SMILES string of the molecule is N#CC(Cl)COc1cc(F)c(Br)cc1[N+](=O)[O-]. The van der Waals surface area contributed by atoms with Crippen molar-refractivity contribution in [2.45, 2.75) is 5.38 Å². The van der Waals surface area contributed by atoms with Gasteiger partial charge < -0.3 is 4.74 Å². The Kier molecular flexibility index (Phi) is 4.66. The third-order valence-electron chi connectivity index (χ3n) is 1.72. The number of nitro groups is 1. The summed E-state index contributed by atoms with van der Waals surface area (Å²) in [5, 5.41) is 18.1. The van der Waals surface area contributed by atoms with E-state index >= 15 is 0 Å². The van der Waals surface area contributed by atoms with E-state index in [1.807, 2.05) is 0 Å². The molecule has 5 nitrogen and oxygen atoms in total. The van der Waals surface area contributed by atoms with Gasteiger partial charge in [-0.1, -0.05) is 0 Å². The lowest BCUT2D eigenvalue weighted by Crippen LogP contribution is -2.10. The molecule has 0 amide bonds. The van der Waals surface area contributed by atoms with Crippen molar-refractivity contribution >= 4 is 33.2 Å². The highest BCUT2D eigenvalue weighted by Crippen LogP contribution is 2.32. The van der Waals surface area contributed by atoms with Crippen LogP contribution in [0.15, 0.2) is 16.6 Å². The molecule has 0 fully saturated rings. The number of alkyl halides is 1. The van der Waals surface area contributed by atoms with Crippen molar-refractivity contribution in [2.24, 2.45) is 0 Å². The van der Waals surface area contributed by atoms with E-state index < -0.39 is 21.8 Å². The van der Waals surface area contributed by atoms with Crippen LogP contribution in [0.3, 0.4) is 0 Å². The fourth-order valence-electron chi connectivity index (χ4n) is 0.977. The van der Waals surface area contributed by atoms with Crippen molar-refractivity contribution in [1.82, 2.24) is 0 Å². The third-order valence-corrected chi connectivity index (χ3v) is 2.56. The first kappa shape index (κ1) is 13.7. The zero-order valence-corrected chi connectivity index (χ0v) is 10.5. The van der Waals surface area contributed by atoms with Crippen molar-refractivity contribution < 1.29 is 14.1 Å². The van der Waals surface area contributed by atoms with Crippen molar-refractivity contribution in [3.8, 4) is 11.8 Å². The molecule has 0 aromatic heterocycles. The number of nitro benzene ring substituents is 1. The van der Waals surface area contributed by atoms with Gasteiger partial charge in [-0.15, -0.1) is 11.6 Å². The lowest BCUT2D eigenvalue weighted by Gasteiger charge is -2.07. The second-order valence-electron chi connectivity index (χ2n) is 2.90. The number of ether oxygens (including phenoxy) is 1. The van der Waals surface area contributed by atoms with Gasteiger partial charge >= 0.3 is 5.69 Å². The van der Waals surface area contributed by atoms with E-state index in [1.165, 1.54) is 0 Å². The lowest BCUT2D eigenvalue weighted by atomic mass is 10.3. The van der Waals surface area contributed by atoms with Crippen LogP contribution in [0.2, 0.25) is 0 Å². The number of hydrogen-bond acceptors (Lipinski definition) is 4. The fraction of sp³-hybridized carbons (Fsp3) is 0.222. The van der Waals surface area contributed by atoms with Gasteiger partial charge in [0.15, 0.2) is 11.1 Å². The molecular weight excluding hydrogens is 318 g/mol. The van der Waals surface area contributed by atoms with Crippen LogP contribution in [0.25, 0.3) is 0 Å². The van der Waals surface area contributed by atoms with Gasteiger partial charge in [0.1, 0.15) is 12.4 Å². The van der Waals surface area contributed by atoms with E-state index in [-0.39, 0.29) is 16.8 Å². The first-order valence-electron chi connectivity index (χ1n) is 4.25. The maximum absolute atomic E-state index is 13.2. The van der Waals surface area contributed by atoms with Crippen LogP contribution in [0, 0.1) is 27.3 Å². The van der Waals surface area contributed by atoms with Crippen LogP contribution >= 0.6 is 27.5 Å². The molecule has 0 heterocycles. The minimum atomic E-state index is -0.957. The van der Waals surface area contributed by atoms with Crippen molar-refractivity contribution in [3.63, 3.8) is 0 Å². The summed E-state index contributed by atoms with van der Waals surface area (Å²) < 4.78 is 18.1. The molecule has 0 radical (unpaired) electrons. The minimum absolute atomic E-state index is 0.0424. The fourth-order valence-corrected chi connectivity index (χ4v) is 1.37. The average molecular weight is 324 g/mol. The van der Waals surface area contributed by atoms with Gasteiger partial charge in [0, 0.05) is 12.1 Å². The Hall–Kier alpha value is -1.39. The Morgan fingerprint density at radius 1 is 1.71 bits per heavy atom. The highest BCUT2D eigenvalue weighted by molar-refractivity contribution is 9.10. The highest BCUT2D eigenvalue weighted by Gasteiger charge is 2.19. The molecule has 0 saturated carbocycles. The van der Waals surface area contributed by atoms with Gasteiger partial charge in [-0.2, -0.15) is 5.26 Å². The van der Waals surface area contributed by atoms with E-state index in [1.54, 1.807) is 6.07 Å². The zero-order chi connectivity index (χ0) is 13.0. The molecule has 0 aliphatic rings. The standard InChI is InChI=1S/C9H5BrClFN2O3/c10-6-1-8(14(15)16)9(2-7(6)12)17-4-5(11)3-13/h1-2,5H,4H2. The highest BCUT2D eigenvalue weighted by atomic mass is 79.9. The smallest absolute Gasteiger partial charge is 0.312 e. The van der Waals surface area contributed by atoms with Gasteiger partial charge in [-0.25, -0.2) is 4.39 Å². The van der Waals surface area contributed by atoms with E-state index in [9.17, 15) is 14.5 Å². The van der Waals surface area contributed by atoms with Crippen molar-refractivity contribution in [3.05, 3.63) is 32.5 Å². The van der Waals surface area contributed by atoms with Gasteiger partial charge in [0.05, 0.1) is 15.5 Å². The van der Waals surface area contributed by atoms with E-state index in [0.29, 0.717) is 0 Å². The molecule has 0 saturated heterocycles. The first-order chi connectivity index (χ1) is 7.95. The largest absolute Gasteiger partial charge is 0.484 e. The molecule has 1 unspecified atom stereocenters. The minimum Gasteiger partial charge on any atom is -0.484 e. The summed E-state index contributed by atoms with van der Waals surface area (Å²) >= 11 is 8.29. The summed E-state index contributed by atoms with van der Waals surface area (Å²) in [5.41, 5.74) is -0.403. The molecule has 8 heteroatoms. The maximum atomic E-state index is 13.2. The normalized spacial score (nSPS) is 11.6. The van der Waals surface area contributed by atoms with E-state index in [0.717, 1.165) is 12.1 Å². The quantitative estimate of drug-likeness (QED) is 0.485. The molecule has 0 aliphatic carbocycles. The molecule has 90 valence electrons. The third kappa shape index (κ3) is 3.54. The molecule has 1 aromatic carbocycles. The summed E-state index contributed by atoms with van der Waals surface area (Å²) in [6, 6.07) is 3.53. The summed E-state index contributed by atoms with van der Waals surface area (Å²) in [7, 11) is 0. The maximum Gasteiger partial charge on any atom is 0.312 e. The van der Waals surface area contributed by atoms with Crippen LogP contribution in [0.5, 0.6) is 5.75 Å². The Labute approximate surface area is 109 Å². The summed E-state index contributed by atoms with van der Waals surface area (Å²) in [6.45, 7) is -0.264. The molecule has 0 spiro atoms. The first-order valence-corrected chi connectivity index (χ1v) is 5.48. The second-order valence-corrected chi connectivity index (χ2v) is 4.28. The number of rotatable bonds is 4. The number of nitriles is 1. The molecule has 1 aromatic rings. The predicted octanol–water partition coefficient (Wildman–Crippen LogP) is 3.01. The van der Waals surface area contributed by atoms with Crippen LogP contribution < -0.4 is 4.74 Å². The number of hydrogen-bond donors (Lipinski definition) is 0. The Morgan fingerprint density at radius 2 is 2.35 bits per heavy atom.